The molecule has 2 atom stereocenters. The molecule has 36 heavy (non-hydrogen) atoms. The highest BCUT2D eigenvalue weighted by Crippen LogP contribution is 2.38. The molecular weight excluding hydrogens is 475 g/mol. The van der Waals surface area contributed by atoms with Crippen LogP contribution < -0.4 is 5.32 Å². The molecule has 2 aliphatic rings. The number of nitrogens with zero attached hydrogens (tertiary/aromatic N) is 3. The molecule has 1 N–H and O–H groups in total. The van der Waals surface area contributed by atoms with Crippen LogP contribution in [0.2, 0.25) is 0 Å². The van der Waals surface area contributed by atoms with Crippen molar-refractivity contribution in [1.82, 2.24) is 5.01 Å². The molecule has 5 rings (SSSR count). The molecule has 2 aliphatic heterocycles. The Bertz CT molecular complexity index is 1370. The maximum absolute atomic E-state index is 13.5. The molecular formula is C28H25FN4O2S. The minimum absolute atomic E-state index is 0.0364. The zero-order valence-electron chi connectivity index (χ0n) is 19.9. The van der Waals surface area contributed by atoms with Gasteiger partial charge < -0.3 is 5.32 Å². The summed E-state index contributed by atoms with van der Waals surface area (Å²) in [5, 5.41) is 9.28. The summed E-state index contributed by atoms with van der Waals surface area (Å²) in [4.78, 5) is 29.7. The van der Waals surface area contributed by atoms with Crippen molar-refractivity contribution in [2.45, 2.75) is 38.0 Å². The summed E-state index contributed by atoms with van der Waals surface area (Å²) in [5.41, 5.74) is 5.13. The Morgan fingerprint density at radius 2 is 1.83 bits per heavy atom. The van der Waals surface area contributed by atoms with E-state index in [1.165, 1.54) is 29.5 Å². The predicted molar refractivity (Wildman–Crippen MR) is 142 cm³/mol. The van der Waals surface area contributed by atoms with Gasteiger partial charge in [-0.15, -0.1) is 0 Å². The fraction of sp³-hybridized carbons (Fsp3) is 0.214. The van der Waals surface area contributed by atoms with Gasteiger partial charge in [-0.25, -0.2) is 9.40 Å². The second kappa shape index (κ2) is 10.1. The van der Waals surface area contributed by atoms with Crippen LogP contribution in [0.15, 0.2) is 82.9 Å². The van der Waals surface area contributed by atoms with Crippen molar-refractivity contribution in [2.75, 3.05) is 5.32 Å². The van der Waals surface area contributed by atoms with E-state index in [4.69, 9.17) is 5.10 Å². The number of hydrogen-bond donors (Lipinski definition) is 1. The fourth-order valence-electron chi connectivity index (χ4n) is 4.25. The second-order valence-corrected chi connectivity index (χ2v) is 10.1. The van der Waals surface area contributed by atoms with E-state index >= 15 is 0 Å². The van der Waals surface area contributed by atoms with Crippen LogP contribution >= 0.6 is 11.8 Å². The number of carbonyl (C=O) groups is 2. The maximum Gasteiger partial charge on any atom is 0.262 e. The maximum atomic E-state index is 13.5. The molecule has 0 aromatic heterocycles. The quantitative estimate of drug-likeness (QED) is 0.493. The highest BCUT2D eigenvalue weighted by atomic mass is 32.2. The third kappa shape index (κ3) is 5.09. The monoisotopic (exact) mass is 500 g/mol. The third-order valence-corrected chi connectivity index (χ3v) is 7.36. The molecule has 0 radical (unpaired) electrons. The third-order valence-electron chi connectivity index (χ3n) is 6.22. The lowest BCUT2D eigenvalue weighted by atomic mass is 9.98. The van der Waals surface area contributed by atoms with Crippen molar-refractivity contribution in [3.63, 3.8) is 0 Å². The number of amides is 2. The minimum Gasteiger partial charge on any atom is -0.326 e. The summed E-state index contributed by atoms with van der Waals surface area (Å²) in [6, 6.07) is 22.5. The van der Waals surface area contributed by atoms with Crippen molar-refractivity contribution in [2.24, 2.45) is 10.1 Å². The smallest absolute Gasteiger partial charge is 0.262 e. The Hall–Kier alpha value is -3.78. The number of thioether (sulfide) groups is 1. The van der Waals surface area contributed by atoms with Crippen molar-refractivity contribution >= 4 is 40.1 Å². The lowest BCUT2D eigenvalue weighted by molar-refractivity contribution is -0.121. The molecule has 0 fully saturated rings. The molecule has 0 bridgehead atoms. The van der Waals surface area contributed by atoms with E-state index in [-0.39, 0.29) is 30.1 Å². The lowest BCUT2D eigenvalue weighted by Crippen LogP contribution is -2.25. The number of rotatable bonds is 5. The van der Waals surface area contributed by atoms with Gasteiger partial charge in [0.05, 0.1) is 11.8 Å². The number of halogens is 1. The molecule has 0 spiro atoms. The Kier molecular flexibility index (Phi) is 6.69. The lowest BCUT2D eigenvalue weighted by Gasteiger charge is -2.23. The van der Waals surface area contributed by atoms with E-state index in [1.807, 2.05) is 42.3 Å². The average Bonchev–Trinajstić information content (AvgIpc) is 3.46. The Labute approximate surface area is 213 Å². The van der Waals surface area contributed by atoms with Gasteiger partial charge in [0.25, 0.3) is 5.91 Å². The molecule has 3 aromatic carbocycles. The average molecular weight is 501 g/mol. The van der Waals surface area contributed by atoms with Gasteiger partial charge in [0, 0.05) is 18.5 Å². The SMILES string of the molecule is Cc1ccc(C2=NN(C3=NC(=O)[C@H](CC(=O)Nc4ccc(F)c(C)c4)S3)[C@H](c3ccccc3)C2)cc1. The highest BCUT2D eigenvalue weighted by Gasteiger charge is 2.39. The number of anilines is 1. The molecule has 0 saturated heterocycles. The number of nitrogens with one attached hydrogen (secondary N) is 1. The first-order valence-corrected chi connectivity index (χ1v) is 12.6. The van der Waals surface area contributed by atoms with Gasteiger partial charge in [0.15, 0.2) is 5.17 Å². The van der Waals surface area contributed by atoms with Gasteiger partial charge in [-0.1, -0.05) is 71.9 Å². The van der Waals surface area contributed by atoms with Crippen LogP contribution in [0, 0.1) is 19.7 Å². The molecule has 2 amide bonds. The van der Waals surface area contributed by atoms with Gasteiger partial charge >= 0.3 is 0 Å². The first-order valence-electron chi connectivity index (χ1n) is 11.7. The van der Waals surface area contributed by atoms with Crippen LogP contribution in [0.25, 0.3) is 0 Å². The van der Waals surface area contributed by atoms with Crippen molar-refractivity contribution in [3.05, 3.63) is 101 Å². The largest absolute Gasteiger partial charge is 0.326 e. The highest BCUT2D eigenvalue weighted by molar-refractivity contribution is 8.15. The number of benzene rings is 3. The Morgan fingerprint density at radius 3 is 2.56 bits per heavy atom. The zero-order valence-corrected chi connectivity index (χ0v) is 20.8. The van der Waals surface area contributed by atoms with E-state index in [9.17, 15) is 14.0 Å². The summed E-state index contributed by atoms with van der Waals surface area (Å²) in [6.07, 6.45) is 0.640. The van der Waals surface area contributed by atoms with Crippen LogP contribution in [0.1, 0.15) is 41.1 Å². The molecule has 0 saturated carbocycles. The van der Waals surface area contributed by atoms with Gasteiger partial charge in [-0.05, 0) is 48.7 Å². The molecule has 8 heteroatoms. The summed E-state index contributed by atoms with van der Waals surface area (Å²) < 4.78 is 13.5. The molecule has 6 nitrogen and oxygen atoms in total. The number of aliphatic imine (C=N–C) groups is 1. The number of aryl methyl sites for hydroxylation is 2. The van der Waals surface area contributed by atoms with Gasteiger partial charge in [-0.3, -0.25) is 9.59 Å². The summed E-state index contributed by atoms with van der Waals surface area (Å²) >= 11 is 1.26. The number of hydrazone groups is 1. The summed E-state index contributed by atoms with van der Waals surface area (Å²) in [6.45, 7) is 3.67. The van der Waals surface area contributed by atoms with Crippen molar-refractivity contribution < 1.29 is 14.0 Å². The summed E-state index contributed by atoms with van der Waals surface area (Å²) in [7, 11) is 0. The van der Waals surface area contributed by atoms with Crippen LogP contribution in [0.4, 0.5) is 10.1 Å². The van der Waals surface area contributed by atoms with E-state index in [1.54, 1.807) is 13.0 Å². The predicted octanol–water partition coefficient (Wildman–Crippen LogP) is 5.62. The van der Waals surface area contributed by atoms with E-state index in [2.05, 4.69) is 34.6 Å². The molecule has 2 heterocycles. The van der Waals surface area contributed by atoms with Crippen molar-refractivity contribution in [1.29, 1.82) is 0 Å². The van der Waals surface area contributed by atoms with Crippen LogP contribution in [-0.2, 0) is 9.59 Å². The van der Waals surface area contributed by atoms with E-state index < -0.39 is 5.25 Å². The molecule has 182 valence electrons. The fourth-order valence-corrected chi connectivity index (χ4v) is 5.31. The molecule has 0 unspecified atom stereocenters. The summed E-state index contributed by atoms with van der Waals surface area (Å²) in [5.74, 6) is -1.02. The first kappa shape index (κ1) is 23.9. The van der Waals surface area contributed by atoms with E-state index in [0.717, 1.165) is 16.8 Å². The van der Waals surface area contributed by atoms with Crippen molar-refractivity contribution in [3.8, 4) is 0 Å². The normalized spacial score (nSPS) is 19.3. The molecule has 0 aliphatic carbocycles. The number of carbonyl (C=O) groups excluding carboxylic acids is 2. The number of hydrogen-bond acceptors (Lipinski definition) is 5. The second-order valence-electron chi connectivity index (χ2n) is 8.94. The van der Waals surface area contributed by atoms with Crippen LogP contribution in [0.5, 0.6) is 0 Å². The minimum atomic E-state index is -0.642. The van der Waals surface area contributed by atoms with Gasteiger partial charge in [0.2, 0.25) is 5.91 Å². The standard InChI is InChI=1S/C28H25FN4O2S/c1-17-8-10-19(11-9-17)23-15-24(20-6-4-3-5-7-20)33(32-23)28-31-27(35)25(36-28)16-26(34)30-21-12-13-22(29)18(2)14-21/h3-14,24-25H,15-16H2,1-2H3,(H,30,34)/t24-,25-/m0/s1. The molecule has 3 aromatic rings. The van der Waals surface area contributed by atoms with Crippen LogP contribution in [0.3, 0.4) is 0 Å². The van der Waals surface area contributed by atoms with Gasteiger partial charge in [0.1, 0.15) is 11.1 Å². The van der Waals surface area contributed by atoms with Gasteiger partial charge in [-0.2, -0.15) is 10.1 Å². The Morgan fingerprint density at radius 1 is 1.08 bits per heavy atom. The van der Waals surface area contributed by atoms with E-state index in [0.29, 0.717) is 22.8 Å². The number of amidine groups is 1. The first-order chi connectivity index (χ1) is 17.4. The topological polar surface area (TPSA) is 74.1 Å². The Balaban J connectivity index is 1.33. The van der Waals surface area contributed by atoms with Crippen LogP contribution in [-0.4, -0.2) is 33.0 Å². The zero-order chi connectivity index (χ0) is 25.2.